The lowest BCUT2D eigenvalue weighted by Crippen LogP contribution is -1.99. The third-order valence-electron chi connectivity index (χ3n) is 4.52. The lowest BCUT2D eigenvalue weighted by molar-refractivity contribution is 0.195. The SMILES string of the molecule is Cc1cc(C#N)ccc1-c1nc(-c2ccc(F)cc2)c(-c2ccncc2)n1O. The van der Waals surface area contributed by atoms with Gasteiger partial charge in [-0.3, -0.25) is 4.98 Å². The fourth-order valence-electron chi connectivity index (χ4n) is 3.15. The number of pyridine rings is 1. The fourth-order valence-corrected chi connectivity index (χ4v) is 3.15. The van der Waals surface area contributed by atoms with Gasteiger partial charge in [0.2, 0.25) is 0 Å². The molecule has 4 aromatic rings. The van der Waals surface area contributed by atoms with Gasteiger partial charge >= 0.3 is 0 Å². The number of aromatic nitrogens is 3. The van der Waals surface area contributed by atoms with E-state index >= 15 is 0 Å². The maximum atomic E-state index is 13.4. The highest BCUT2D eigenvalue weighted by atomic mass is 19.1. The molecule has 2 heterocycles. The zero-order valence-corrected chi connectivity index (χ0v) is 15.0. The minimum Gasteiger partial charge on any atom is -0.426 e. The summed E-state index contributed by atoms with van der Waals surface area (Å²) in [5.41, 5.74) is 4.44. The largest absolute Gasteiger partial charge is 0.426 e. The maximum absolute atomic E-state index is 13.4. The first-order valence-corrected chi connectivity index (χ1v) is 8.58. The number of benzene rings is 2. The van der Waals surface area contributed by atoms with Gasteiger partial charge in [-0.15, -0.1) is 0 Å². The molecule has 1 N–H and O–H groups in total. The molecule has 2 aromatic heterocycles. The lowest BCUT2D eigenvalue weighted by atomic mass is 10.1. The molecule has 0 saturated carbocycles. The van der Waals surface area contributed by atoms with E-state index in [0.717, 1.165) is 15.9 Å². The lowest BCUT2D eigenvalue weighted by Gasteiger charge is -2.08. The molecule has 28 heavy (non-hydrogen) atoms. The molecule has 0 spiro atoms. The van der Waals surface area contributed by atoms with Crippen molar-refractivity contribution >= 4 is 0 Å². The Hall–Kier alpha value is -3.98. The first-order valence-electron chi connectivity index (χ1n) is 8.58. The van der Waals surface area contributed by atoms with Gasteiger partial charge in [0.1, 0.15) is 17.2 Å². The minimum atomic E-state index is -0.346. The monoisotopic (exact) mass is 370 g/mol. The molecule has 0 fully saturated rings. The van der Waals surface area contributed by atoms with Gasteiger partial charge in [-0.2, -0.15) is 9.99 Å². The van der Waals surface area contributed by atoms with Crippen LogP contribution in [0.2, 0.25) is 0 Å². The number of nitriles is 1. The van der Waals surface area contributed by atoms with Crippen molar-refractivity contribution in [3.63, 3.8) is 0 Å². The standard InChI is InChI=1S/C22H15FN4O/c1-14-12-15(13-24)2-7-19(14)22-26-20(16-3-5-18(23)6-4-16)21(27(22)28)17-8-10-25-11-9-17/h2-12,28H,1H3. The average Bonchev–Trinajstić information content (AvgIpc) is 3.06. The van der Waals surface area contributed by atoms with Crippen molar-refractivity contribution in [3.8, 4) is 40.0 Å². The van der Waals surface area contributed by atoms with Gasteiger partial charge in [0, 0.05) is 29.1 Å². The number of imidazole rings is 1. The summed E-state index contributed by atoms with van der Waals surface area (Å²) in [6, 6.07) is 16.8. The van der Waals surface area contributed by atoms with Crippen LogP contribution in [0, 0.1) is 24.1 Å². The summed E-state index contributed by atoms with van der Waals surface area (Å²) in [6.45, 7) is 1.86. The van der Waals surface area contributed by atoms with Gasteiger partial charge in [-0.25, -0.2) is 9.37 Å². The molecule has 5 nitrogen and oxygen atoms in total. The molecule has 0 bridgehead atoms. The Morgan fingerprint density at radius 3 is 2.36 bits per heavy atom. The number of nitrogens with zero attached hydrogens (tertiary/aromatic N) is 4. The Bertz CT molecular complexity index is 1190. The van der Waals surface area contributed by atoms with Gasteiger partial charge in [0.05, 0.1) is 11.6 Å². The van der Waals surface area contributed by atoms with Gasteiger partial charge in [0.25, 0.3) is 0 Å². The second kappa shape index (κ2) is 6.97. The molecule has 0 radical (unpaired) electrons. The summed E-state index contributed by atoms with van der Waals surface area (Å²) >= 11 is 0. The summed E-state index contributed by atoms with van der Waals surface area (Å²) in [5, 5.41) is 20.1. The van der Waals surface area contributed by atoms with E-state index in [1.807, 2.05) is 6.92 Å². The second-order valence-electron chi connectivity index (χ2n) is 6.33. The number of hydrogen-bond acceptors (Lipinski definition) is 4. The van der Waals surface area contributed by atoms with Crippen LogP contribution >= 0.6 is 0 Å². The van der Waals surface area contributed by atoms with Crippen LogP contribution in [0.15, 0.2) is 67.0 Å². The molecule has 6 heteroatoms. The van der Waals surface area contributed by atoms with Crippen LogP contribution in [0.1, 0.15) is 11.1 Å². The minimum absolute atomic E-state index is 0.341. The molecule has 0 amide bonds. The Labute approximate surface area is 160 Å². The molecule has 0 aliphatic heterocycles. The Morgan fingerprint density at radius 2 is 1.71 bits per heavy atom. The van der Waals surface area contributed by atoms with Crippen molar-refractivity contribution in [3.05, 3.63) is 83.9 Å². The van der Waals surface area contributed by atoms with E-state index in [1.165, 1.54) is 12.1 Å². The highest BCUT2D eigenvalue weighted by molar-refractivity contribution is 5.82. The van der Waals surface area contributed by atoms with Gasteiger partial charge in [0.15, 0.2) is 5.82 Å². The molecule has 0 saturated heterocycles. The first-order chi connectivity index (χ1) is 13.6. The van der Waals surface area contributed by atoms with Crippen LogP contribution < -0.4 is 0 Å². The van der Waals surface area contributed by atoms with Gasteiger partial charge < -0.3 is 5.21 Å². The van der Waals surface area contributed by atoms with E-state index in [4.69, 9.17) is 5.26 Å². The number of halogens is 1. The normalized spacial score (nSPS) is 10.6. The molecule has 0 aliphatic carbocycles. The summed E-state index contributed by atoms with van der Waals surface area (Å²) < 4.78 is 14.4. The third kappa shape index (κ3) is 2.99. The van der Waals surface area contributed by atoms with Crippen LogP contribution in [0.25, 0.3) is 33.9 Å². The molecule has 0 unspecified atom stereocenters. The zero-order chi connectivity index (χ0) is 19.7. The summed E-state index contributed by atoms with van der Waals surface area (Å²) in [5.74, 6) is -0.00562. The van der Waals surface area contributed by atoms with Crippen LogP contribution in [0.4, 0.5) is 4.39 Å². The number of aryl methyl sites for hydroxylation is 1. The van der Waals surface area contributed by atoms with E-state index in [2.05, 4.69) is 16.0 Å². The van der Waals surface area contributed by atoms with Gasteiger partial charge in [-0.1, -0.05) is 0 Å². The van der Waals surface area contributed by atoms with Crippen LogP contribution in [-0.4, -0.2) is 19.9 Å². The van der Waals surface area contributed by atoms with E-state index < -0.39 is 0 Å². The van der Waals surface area contributed by atoms with Crippen molar-refractivity contribution in [1.29, 1.82) is 5.26 Å². The summed E-state index contributed by atoms with van der Waals surface area (Å²) in [4.78, 5) is 8.68. The molecule has 2 aromatic carbocycles. The van der Waals surface area contributed by atoms with Crippen LogP contribution in [-0.2, 0) is 0 Å². The number of hydrogen-bond donors (Lipinski definition) is 1. The van der Waals surface area contributed by atoms with E-state index in [9.17, 15) is 9.60 Å². The molecule has 4 rings (SSSR count). The molecule has 0 aliphatic rings. The Morgan fingerprint density at radius 1 is 1.00 bits per heavy atom. The zero-order valence-electron chi connectivity index (χ0n) is 15.0. The first kappa shape index (κ1) is 17.4. The predicted octanol–water partition coefficient (Wildman–Crippen LogP) is 4.84. The smallest absolute Gasteiger partial charge is 0.176 e. The topological polar surface area (TPSA) is 74.7 Å². The molecule has 0 atom stereocenters. The predicted molar refractivity (Wildman–Crippen MR) is 103 cm³/mol. The molecular formula is C22H15FN4O. The fraction of sp³-hybridized carbons (Fsp3) is 0.0455. The van der Waals surface area contributed by atoms with Crippen LogP contribution in [0.5, 0.6) is 0 Å². The summed E-state index contributed by atoms with van der Waals surface area (Å²) in [6.07, 6.45) is 3.26. The molecule has 136 valence electrons. The average molecular weight is 370 g/mol. The Kier molecular flexibility index (Phi) is 4.34. The Balaban J connectivity index is 1.97. The van der Waals surface area contributed by atoms with Crippen molar-refractivity contribution in [1.82, 2.24) is 14.7 Å². The number of rotatable bonds is 3. The highest BCUT2D eigenvalue weighted by Crippen LogP contribution is 2.36. The van der Waals surface area contributed by atoms with Crippen molar-refractivity contribution in [2.45, 2.75) is 6.92 Å². The van der Waals surface area contributed by atoms with Crippen molar-refractivity contribution < 1.29 is 9.60 Å². The van der Waals surface area contributed by atoms with Crippen molar-refractivity contribution in [2.75, 3.05) is 0 Å². The summed E-state index contributed by atoms with van der Waals surface area (Å²) in [7, 11) is 0. The van der Waals surface area contributed by atoms with Crippen LogP contribution in [0.3, 0.4) is 0 Å². The highest BCUT2D eigenvalue weighted by Gasteiger charge is 2.22. The quantitative estimate of drug-likeness (QED) is 0.524. The van der Waals surface area contributed by atoms with E-state index in [-0.39, 0.29) is 5.82 Å². The van der Waals surface area contributed by atoms with Crippen molar-refractivity contribution in [2.24, 2.45) is 0 Å². The maximum Gasteiger partial charge on any atom is 0.176 e. The van der Waals surface area contributed by atoms with E-state index in [0.29, 0.717) is 33.9 Å². The van der Waals surface area contributed by atoms with Gasteiger partial charge in [-0.05, 0) is 67.1 Å². The molecular weight excluding hydrogens is 355 g/mol. The second-order valence-corrected chi connectivity index (χ2v) is 6.33. The third-order valence-corrected chi connectivity index (χ3v) is 4.52. The van der Waals surface area contributed by atoms with E-state index in [1.54, 1.807) is 54.9 Å².